The Bertz CT molecular complexity index is 789. The number of carbonyl (C=O) groups excluding carboxylic acids is 1. The zero-order valence-electron chi connectivity index (χ0n) is 14.7. The number of amides is 1. The molecule has 1 heterocycles. The minimum Gasteiger partial charge on any atom is -0.348 e. The van der Waals surface area contributed by atoms with Gasteiger partial charge in [0.2, 0.25) is 0 Å². The zero-order valence-corrected chi connectivity index (χ0v) is 15.5. The average Bonchev–Trinajstić information content (AvgIpc) is 2.51. The summed E-state index contributed by atoms with van der Waals surface area (Å²) in [6, 6.07) is 7.93. The molecule has 2 rings (SSSR count). The van der Waals surface area contributed by atoms with Crippen molar-refractivity contribution in [1.29, 1.82) is 0 Å². The molecular weight excluding hydrogens is 322 g/mol. The van der Waals surface area contributed by atoms with Crippen molar-refractivity contribution in [3.8, 4) is 0 Å². The highest BCUT2D eigenvalue weighted by molar-refractivity contribution is 7.98. The van der Waals surface area contributed by atoms with Crippen LogP contribution < -0.4 is 10.9 Å². The van der Waals surface area contributed by atoms with E-state index >= 15 is 0 Å². The summed E-state index contributed by atoms with van der Waals surface area (Å²) in [5, 5.41) is 2.79. The Morgan fingerprint density at radius 1 is 1.25 bits per heavy atom. The fourth-order valence-corrected chi connectivity index (χ4v) is 2.63. The van der Waals surface area contributed by atoms with Gasteiger partial charge in [-0.05, 0) is 30.9 Å². The van der Waals surface area contributed by atoms with Gasteiger partial charge in [-0.25, -0.2) is 4.98 Å². The van der Waals surface area contributed by atoms with Gasteiger partial charge in [-0.1, -0.05) is 32.9 Å². The molecule has 1 aromatic heterocycles. The number of benzene rings is 1. The Labute approximate surface area is 146 Å². The minimum absolute atomic E-state index is 0.0729. The first kappa shape index (κ1) is 18.3. The molecule has 2 aromatic rings. The van der Waals surface area contributed by atoms with Gasteiger partial charge in [0.25, 0.3) is 11.5 Å². The van der Waals surface area contributed by atoms with Gasteiger partial charge in [0.1, 0.15) is 11.4 Å². The van der Waals surface area contributed by atoms with Crippen molar-refractivity contribution in [2.75, 3.05) is 6.26 Å². The highest BCUT2D eigenvalue weighted by Gasteiger charge is 2.21. The van der Waals surface area contributed by atoms with E-state index in [1.54, 1.807) is 18.7 Å². The summed E-state index contributed by atoms with van der Waals surface area (Å²) in [4.78, 5) is 32.9. The highest BCUT2D eigenvalue weighted by atomic mass is 32.2. The second-order valence-electron chi connectivity index (χ2n) is 6.66. The summed E-state index contributed by atoms with van der Waals surface area (Å²) in [6.45, 7) is 7.94. The normalized spacial score (nSPS) is 11.4. The molecule has 0 bridgehead atoms. The standard InChI is InChI=1S/C18H23N3O2S/c1-11-14(16(23)21-17(20-11)18(2,3)4)15(22)19-10-12-6-8-13(24-5)9-7-12/h6-9H,10H2,1-5H3,(H,19,22)(H,20,21,23). The van der Waals surface area contributed by atoms with Gasteiger partial charge in [0, 0.05) is 16.9 Å². The largest absolute Gasteiger partial charge is 0.348 e. The van der Waals surface area contributed by atoms with E-state index in [1.807, 2.05) is 51.3 Å². The van der Waals surface area contributed by atoms with Crippen LogP contribution in [0, 0.1) is 6.92 Å². The molecule has 0 atom stereocenters. The molecule has 0 saturated heterocycles. The van der Waals surface area contributed by atoms with Crippen LogP contribution in [0.5, 0.6) is 0 Å². The van der Waals surface area contributed by atoms with E-state index in [2.05, 4.69) is 15.3 Å². The van der Waals surface area contributed by atoms with Gasteiger partial charge < -0.3 is 10.3 Å². The summed E-state index contributed by atoms with van der Waals surface area (Å²) in [5.74, 6) is 0.171. The smallest absolute Gasteiger partial charge is 0.264 e. The number of H-pyrrole nitrogens is 1. The third-order valence-corrected chi connectivity index (χ3v) is 4.39. The number of aromatic amines is 1. The second-order valence-corrected chi connectivity index (χ2v) is 7.54. The number of aryl methyl sites for hydroxylation is 1. The number of hydrogen-bond donors (Lipinski definition) is 2. The van der Waals surface area contributed by atoms with E-state index in [0.29, 0.717) is 18.1 Å². The van der Waals surface area contributed by atoms with Crippen LogP contribution in [0.3, 0.4) is 0 Å². The summed E-state index contributed by atoms with van der Waals surface area (Å²) >= 11 is 1.66. The minimum atomic E-state index is -0.407. The highest BCUT2D eigenvalue weighted by Crippen LogP contribution is 2.17. The van der Waals surface area contributed by atoms with Crippen molar-refractivity contribution in [1.82, 2.24) is 15.3 Å². The predicted octanol–water partition coefficient (Wildman–Crippen LogP) is 3.03. The molecule has 2 N–H and O–H groups in total. The molecule has 0 aliphatic carbocycles. The number of hydrogen-bond acceptors (Lipinski definition) is 4. The van der Waals surface area contributed by atoms with Crippen LogP contribution in [0.25, 0.3) is 0 Å². The van der Waals surface area contributed by atoms with Crippen molar-refractivity contribution < 1.29 is 4.79 Å². The number of carbonyl (C=O) groups is 1. The molecule has 0 radical (unpaired) electrons. The lowest BCUT2D eigenvalue weighted by atomic mass is 9.95. The van der Waals surface area contributed by atoms with Gasteiger partial charge in [0.15, 0.2) is 0 Å². The number of nitrogens with zero attached hydrogens (tertiary/aromatic N) is 1. The first-order valence-corrected chi connectivity index (χ1v) is 8.97. The number of aromatic nitrogens is 2. The first-order chi connectivity index (χ1) is 11.2. The van der Waals surface area contributed by atoms with Gasteiger partial charge >= 0.3 is 0 Å². The fourth-order valence-electron chi connectivity index (χ4n) is 2.22. The summed E-state index contributed by atoms with van der Waals surface area (Å²) < 4.78 is 0. The van der Waals surface area contributed by atoms with Crippen molar-refractivity contribution in [3.05, 3.63) is 57.3 Å². The Morgan fingerprint density at radius 3 is 2.38 bits per heavy atom. The molecule has 6 heteroatoms. The van der Waals surface area contributed by atoms with Crippen LogP contribution >= 0.6 is 11.8 Å². The third kappa shape index (κ3) is 4.26. The van der Waals surface area contributed by atoms with Crippen molar-refractivity contribution in [3.63, 3.8) is 0 Å². The molecule has 0 saturated carbocycles. The molecule has 0 aliphatic rings. The predicted molar refractivity (Wildman–Crippen MR) is 97.7 cm³/mol. The monoisotopic (exact) mass is 345 g/mol. The Balaban J connectivity index is 2.16. The molecule has 0 fully saturated rings. The molecule has 0 unspecified atom stereocenters. The van der Waals surface area contributed by atoms with E-state index < -0.39 is 11.5 Å². The number of rotatable bonds is 4. The maximum absolute atomic E-state index is 12.4. The lowest BCUT2D eigenvalue weighted by Gasteiger charge is -2.18. The van der Waals surface area contributed by atoms with E-state index in [9.17, 15) is 9.59 Å². The van der Waals surface area contributed by atoms with Crippen LogP contribution in [-0.2, 0) is 12.0 Å². The second kappa shape index (κ2) is 7.21. The summed E-state index contributed by atoms with van der Waals surface area (Å²) in [5.41, 5.74) is 0.817. The Hall–Kier alpha value is -2.08. The van der Waals surface area contributed by atoms with Crippen LogP contribution in [0.4, 0.5) is 0 Å². The van der Waals surface area contributed by atoms with E-state index in [1.165, 1.54) is 4.90 Å². The van der Waals surface area contributed by atoms with Gasteiger partial charge in [0.05, 0.1) is 5.69 Å². The maximum atomic E-state index is 12.4. The SMILES string of the molecule is CSc1ccc(CNC(=O)c2c(C)nc(C(C)(C)C)[nH]c2=O)cc1. The van der Waals surface area contributed by atoms with Crippen molar-refractivity contribution in [2.24, 2.45) is 0 Å². The maximum Gasteiger partial charge on any atom is 0.264 e. The zero-order chi connectivity index (χ0) is 17.9. The van der Waals surface area contributed by atoms with Crippen molar-refractivity contribution >= 4 is 17.7 Å². The molecule has 128 valence electrons. The van der Waals surface area contributed by atoms with Gasteiger partial charge in [-0.15, -0.1) is 11.8 Å². The lowest BCUT2D eigenvalue weighted by molar-refractivity contribution is 0.0948. The van der Waals surface area contributed by atoms with Crippen LogP contribution in [0.1, 0.15) is 48.2 Å². The van der Waals surface area contributed by atoms with E-state index in [0.717, 1.165) is 5.56 Å². The Morgan fingerprint density at radius 2 is 1.88 bits per heavy atom. The van der Waals surface area contributed by atoms with Crippen LogP contribution in [0.15, 0.2) is 34.0 Å². The first-order valence-electron chi connectivity index (χ1n) is 7.75. The summed E-state index contributed by atoms with van der Waals surface area (Å²) in [7, 11) is 0. The number of nitrogens with one attached hydrogen (secondary N) is 2. The quantitative estimate of drug-likeness (QED) is 0.835. The Kier molecular flexibility index (Phi) is 5.49. The molecule has 1 aromatic carbocycles. The molecule has 24 heavy (non-hydrogen) atoms. The van der Waals surface area contributed by atoms with Crippen molar-refractivity contribution in [2.45, 2.75) is 44.6 Å². The molecule has 0 aliphatic heterocycles. The summed E-state index contributed by atoms with van der Waals surface area (Å²) in [6.07, 6.45) is 2.01. The topological polar surface area (TPSA) is 74.8 Å². The number of thioether (sulfide) groups is 1. The fraction of sp³-hybridized carbons (Fsp3) is 0.389. The van der Waals surface area contributed by atoms with Gasteiger partial charge in [-0.3, -0.25) is 9.59 Å². The van der Waals surface area contributed by atoms with Crippen LogP contribution in [-0.4, -0.2) is 22.1 Å². The van der Waals surface area contributed by atoms with E-state index in [-0.39, 0.29) is 11.0 Å². The van der Waals surface area contributed by atoms with Gasteiger partial charge in [-0.2, -0.15) is 0 Å². The lowest BCUT2D eigenvalue weighted by Crippen LogP contribution is -2.33. The molecule has 1 amide bonds. The van der Waals surface area contributed by atoms with E-state index in [4.69, 9.17) is 0 Å². The molecule has 5 nitrogen and oxygen atoms in total. The van der Waals surface area contributed by atoms with Crippen LogP contribution in [0.2, 0.25) is 0 Å². The molecular formula is C18H23N3O2S. The average molecular weight is 345 g/mol. The third-order valence-electron chi connectivity index (χ3n) is 3.65. The molecule has 0 spiro atoms.